The highest BCUT2D eigenvalue weighted by atomic mass is 32.2. The molecule has 5 heteroatoms. The molecule has 2 aromatic rings. The van der Waals surface area contributed by atoms with Gasteiger partial charge in [0.2, 0.25) is 0 Å². The lowest BCUT2D eigenvalue weighted by Gasteiger charge is -2.08. The molecule has 0 saturated heterocycles. The van der Waals surface area contributed by atoms with Gasteiger partial charge in [-0.25, -0.2) is 4.98 Å². The molecule has 0 aliphatic carbocycles. The summed E-state index contributed by atoms with van der Waals surface area (Å²) < 4.78 is 1.95. The fourth-order valence-electron chi connectivity index (χ4n) is 1.79. The van der Waals surface area contributed by atoms with Crippen molar-refractivity contribution in [2.75, 3.05) is 0 Å². The molecule has 0 aliphatic heterocycles. The predicted molar refractivity (Wildman–Crippen MR) is 77.2 cm³/mol. The molecule has 0 fully saturated rings. The highest BCUT2D eigenvalue weighted by molar-refractivity contribution is 7.99. The minimum atomic E-state index is 0.318. The van der Waals surface area contributed by atoms with Gasteiger partial charge in [-0.15, -0.1) is 0 Å². The first-order chi connectivity index (χ1) is 9.13. The highest BCUT2D eigenvalue weighted by Crippen LogP contribution is 2.33. The maximum Gasteiger partial charge on any atom is 0.155 e. The van der Waals surface area contributed by atoms with Crippen molar-refractivity contribution in [2.45, 2.75) is 29.7 Å². The third-order valence-corrected chi connectivity index (χ3v) is 3.96. The van der Waals surface area contributed by atoms with E-state index in [-0.39, 0.29) is 0 Å². The Bertz CT molecular complexity index is 576. The molecule has 4 nitrogen and oxygen atoms in total. The third-order valence-electron chi connectivity index (χ3n) is 2.78. The Balaban J connectivity index is 2.43. The van der Waals surface area contributed by atoms with Crippen LogP contribution in [0.5, 0.6) is 0 Å². The summed E-state index contributed by atoms with van der Waals surface area (Å²) in [7, 11) is 1.93. The number of benzene rings is 1. The van der Waals surface area contributed by atoms with E-state index in [2.05, 4.69) is 36.1 Å². The van der Waals surface area contributed by atoms with Crippen LogP contribution in [0.2, 0.25) is 0 Å². The van der Waals surface area contributed by atoms with Gasteiger partial charge in [-0.05, 0) is 18.1 Å². The molecule has 19 heavy (non-hydrogen) atoms. The Kier molecular flexibility index (Phi) is 4.27. The standard InChI is InChI=1S/C14H17N3OS/c1-10(2)13-14(17(3)12(16-13)9-15-18)19-11-7-5-4-6-8-11/h4-10,18H,1-3H3. The number of oxime groups is 1. The topological polar surface area (TPSA) is 50.4 Å². The largest absolute Gasteiger partial charge is 0.411 e. The molecule has 1 aromatic carbocycles. The van der Waals surface area contributed by atoms with E-state index in [9.17, 15) is 0 Å². The predicted octanol–water partition coefficient (Wildman–Crippen LogP) is 3.50. The number of imidazole rings is 1. The van der Waals surface area contributed by atoms with Gasteiger partial charge in [0, 0.05) is 11.9 Å². The zero-order valence-corrected chi connectivity index (χ0v) is 12.1. The Morgan fingerprint density at radius 3 is 2.58 bits per heavy atom. The van der Waals surface area contributed by atoms with Crippen LogP contribution >= 0.6 is 11.8 Å². The minimum absolute atomic E-state index is 0.318. The normalized spacial score (nSPS) is 11.6. The Labute approximate surface area is 117 Å². The maximum atomic E-state index is 8.68. The van der Waals surface area contributed by atoms with E-state index in [0.29, 0.717) is 11.7 Å². The van der Waals surface area contributed by atoms with E-state index < -0.39 is 0 Å². The Hall–Kier alpha value is -1.75. The molecule has 0 atom stereocenters. The first-order valence-corrected chi connectivity index (χ1v) is 6.92. The van der Waals surface area contributed by atoms with Gasteiger partial charge < -0.3 is 9.77 Å². The van der Waals surface area contributed by atoms with Gasteiger partial charge in [-0.3, -0.25) is 0 Å². The fraction of sp³-hybridized carbons (Fsp3) is 0.286. The lowest BCUT2D eigenvalue weighted by molar-refractivity contribution is 0.321. The molecule has 0 spiro atoms. The van der Waals surface area contributed by atoms with Crippen molar-refractivity contribution in [1.82, 2.24) is 9.55 Å². The molecule has 0 amide bonds. The molecule has 100 valence electrons. The van der Waals surface area contributed by atoms with Crippen LogP contribution in [0.4, 0.5) is 0 Å². The summed E-state index contributed by atoms with van der Waals surface area (Å²) >= 11 is 1.67. The second kappa shape index (κ2) is 5.93. The maximum absolute atomic E-state index is 8.68. The summed E-state index contributed by atoms with van der Waals surface area (Å²) in [5.41, 5.74) is 1.02. The van der Waals surface area contributed by atoms with Crippen LogP contribution in [0.15, 0.2) is 45.4 Å². The smallest absolute Gasteiger partial charge is 0.155 e. The highest BCUT2D eigenvalue weighted by Gasteiger charge is 2.17. The van der Waals surface area contributed by atoms with E-state index >= 15 is 0 Å². The molecular weight excluding hydrogens is 258 g/mol. The van der Waals surface area contributed by atoms with Crippen LogP contribution in [0.25, 0.3) is 0 Å². The molecular formula is C14H17N3OS. The number of hydrogen-bond acceptors (Lipinski definition) is 4. The van der Waals surface area contributed by atoms with Gasteiger partial charge in [-0.1, -0.05) is 49.0 Å². The van der Waals surface area contributed by atoms with Gasteiger partial charge in [0.1, 0.15) is 11.2 Å². The second-order valence-corrected chi connectivity index (χ2v) is 5.60. The van der Waals surface area contributed by atoms with E-state index in [1.165, 1.54) is 11.1 Å². The minimum Gasteiger partial charge on any atom is -0.411 e. The molecule has 1 N–H and O–H groups in total. The monoisotopic (exact) mass is 275 g/mol. The molecule has 1 heterocycles. The van der Waals surface area contributed by atoms with Crippen LogP contribution in [-0.2, 0) is 7.05 Å². The summed E-state index contributed by atoms with van der Waals surface area (Å²) in [6.07, 6.45) is 1.36. The Morgan fingerprint density at radius 2 is 2.00 bits per heavy atom. The second-order valence-electron chi connectivity index (χ2n) is 4.53. The number of hydrogen-bond donors (Lipinski definition) is 1. The lowest BCUT2D eigenvalue weighted by Crippen LogP contribution is -1.97. The Morgan fingerprint density at radius 1 is 1.32 bits per heavy atom. The van der Waals surface area contributed by atoms with Crippen molar-refractivity contribution in [2.24, 2.45) is 12.2 Å². The van der Waals surface area contributed by atoms with Crippen molar-refractivity contribution < 1.29 is 5.21 Å². The summed E-state index contributed by atoms with van der Waals surface area (Å²) in [6, 6.07) is 10.2. The van der Waals surface area contributed by atoms with Crippen molar-refractivity contribution in [3.8, 4) is 0 Å². The van der Waals surface area contributed by atoms with Gasteiger partial charge in [0.05, 0.1) is 5.69 Å². The molecule has 0 bridgehead atoms. The lowest BCUT2D eigenvalue weighted by atomic mass is 10.2. The van der Waals surface area contributed by atoms with Gasteiger partial charge in [0.25, 0.3) is 0 Å². The zero-order valence-electron chi connectivity index (χ0n) is 11.2. The van der Waals surface area contributed by atoms with Crippen molar-refractivity contribution in [3.05, 3.63) is 41.9 Å². The van der Waals surface area contributed by atoms with E-state index in [1.54, 1.807) is 11.8 Å². The van der Waals surface area contributed by atoms with E-state index in [4.69, 9.17) is 5.21 Å². The van der Waals surface area contributed by atoms with E-state index in [0.717, 1.165) is 10.7 Å². The fourth-order valence-corrected chi connectivity index (χ4v) is 2.92. The average Bonchev–Trinajstić information content (AvgIpc) is 2.70. The molecule has 0 aliphatic rings. The SMILES string of the molecule is CC(C)c1nc(C=NO)n(C)c1Sc1ccccc1. The zero-order chi connectivity index (χ0) is 13.8. The quantitative estimate of drug-likeness (QED) is 0.528. The van der Waals surface area contributed by atoms with Gasteiger partial charge in [0.15, 0.2) is 5.82 Å². The summed E-state index contributed by atoms with van der Waals surface area (Å²) in [5, 5.41) is 12.8. The summed E-state index contributed by atoms with van der Waals surface area (Å²) in [5.74, 6) is 0.975. The summed E-state index contributed by atoms with van der Waals surface area (Å²) in [4.78, 5) is 5.69. The summed E-state index contributed by atoms with van der Waals surface area (Å²) in [6.45, 7) is 4.22. The van der Waals surface area contributed by atoms with Crippen LogP contribution in [0.1, 0.15) is 31.3 Å². The van der Waals surface area contributed by atoms with Crippen LogP contribution in [0, 0.1) is 0 Å². The van der Waals surface area contributed by atoms with Crippen molar-refractivity contribution in [1.29, 1.82) is 0 Å². The van der Waals surface area contributed by atoms with Crippen LogP contribution in [0.3, 0.4) is 0 Å². The average molecular weight is 275 g/mol. The molecule has 0 saturated carbocycles. The number of aromatic nitrogens is 2. The van der Waals surface area contributed by atoms with Gasteiger partial charge >= 0.3 is 0 Å². The number of nitrogens with zero attached hydrogens (tertiary/aromatic N) is 3. The molecule has 1 aromatic heterocycles. The van der Waals surface area contributed by atoms with Crippen molar-refractivity contribution in [3.63, 3.8) is 0 Å². The molecule has 0 radical (unpaired) electrons. The first kappa shape index (κ1) is 13.7. The third kappa shape index (κ3) is 2.98. The van der Waals surface area contributed by atoms with Crippen molar-refractivity contribution >= 4 is 18.0 Å². The first-order valence-electron chi connectivity index (χ1n) is 6.10. The molecule has 2 rings (SSSR count). The number of rotatable bonds is 4. The van der Waals surface area contributed by atoms with Crippen LogP contribution in [-0.4, -0.2) is 21.0 Å². The van der Waals surface area contributed by atoms with Gasteiger partial charge in [-0.2, -0.15) is 0 Å². The van der Waals surface area contributed by atoms with Crippen LogP contribution < -0.4 is 0 Å². The van der Waals surface area contributed by atoms with E-state index in [1.807, 2.05) is 29.8 Å². The molecule has 0 unspecified atom stereocenters.